The number of aromatic nitrogens is 1. The predicted molar refractivity (Wildman–Crippen MR) is 79.4 cm³/mol. The molecule has 0 spiro atoms. The lowest BCUT2D eigenvalue weighted by Crippen LogP contribution is -2.30. The van der Waals surface area contributed by atoms with Crippen LogP contribution >= 0.6 is 34.8 Å². The highest BCUT2D eigenvalue weighted by molar-refractivity contribution is 6.34. The van der Waals surface area contributed by atoms with Crippen LogP contribution in [-0.4, -0.2) is 4.98 Å². The largest absolute Gasteiger partial charge is 0.271 e. The zero-order valence-corrected chi connectivity index (χ0v) is 12.5. The number of hydrogen-bond donors (Lipinski definition) is 2. The first-order valence-electron chi connectivity index (χ1n) is 5.72. The van der Waals surface area contributed by atoms with Crippen molar-refractivity contribution < 1.29 is 4.39 Å². The van der Waals surface area contributed by atoms with Crippen LogP contribution in [0.25, 0.3) is 0 Å². The Kier molecular flexibility index (Phi) is 5.18. The number of nitrogens with two attached hydrogens (primary N) is 1. The maximum absolute atomic E-state index is 13.3. The summed E-state index contributed by atoms with van der Waals surface area (Å²) < 4.78 is 13.3. The smallest absolute Gasteiger partial charge is 0.123 e. The number of nitrogens with one attached hydrogen (secondary N) is 1. The second-order valence-corrected chi connectivity index (χ2v) is 5.43. The fourth-order valence-corrected chi connectivity index (χ4v) is 2.54. The maximum atomic E-state index is 13.3. The van der Waals surface area contributed by atoms with Crippen molar-refractivity contribution in [3.63, 3.8) is 0 Å². The van der Waals surface area contributed by atoms with E-state index in [4.69, 9.17) is 40.6 Å². The summed E-state index contributed by atoms with van der Waals surface area (Å²) in [7, 11) is 0. The van der Waals surface area contributed by atoms with Crippen LogP contribution in [-0.2, 0) is 6.42 Å². The number of pyridine rings is 1. The quantitative estimate of drug-likeness (QED) is 0.658. The summed E-state index contributed by atoms with van der Waals surface area (Å²) in [5.74, 6) is 5.16. The van der Waals surface area contributed by atoms with Crippen LogP contribution < -0.4 is 11.3 Å². The molecule has 1 heterocycles. The molecule has 0 bridgehead atoms. The van der Waals surface area contributed by atoms with Gasteiger partial charge in [-0.1, -0.05) is 34.8 Å². The SMILES string of the molecule is NNC(Cc1cc(F)ccc1Cl)c1ncc(Cl)cc1Cl. The molecule has 106 valence electrons. The normalized spacial score (nSPS) is 12.4. The molecule has 0 saturated heterocycles. The second-order valence-electron chi connectivity index (χ2n) is 4.18. The van der Waals surface area contributed by atoms with E-state index in [1.54, 1.807) is 6.07 Å². The highest BCUT2D eigenvalue weighted by Gasteiger charge is 2.17. The molecule has 1 atom stereocenters. The van der Waals surface area contributed by atoms with E-state index in [0.29, 0.717) is 32.7 Å². The van der Waals surface area contributed by atoms with Crippen molar-refractivity contribution in [2.45, 2.75) is 12.5 Å². The summed E-state index contributed by atoms with van der Waals surface area (Å²) in [6, 6.07) is 5.32. The van der Waals surface area contributed by atoms with Gasteiger partial charge in [0.05, 0.1) is 21.8 Å². The van der Waals surface area contributed by atoms with Gasteiger partial charge in [0, 0.05) is 11.2 Å². The van der Waals surface area contributed by atoms with E-state index in [1.165, 1.54) is 24.4 Å². The Bertz CT molecular complexity index is 622. The van der Waals surface area contributed by atoms with Crippen molar-refractivity contribution >= 4 is 34.8 Å². The average Bonchev–Trinajstić information content (AvgIpc) is 2.40. The molecule has 3 nitrogen and oxygen atoms in total. The van der Waals surface area contributed by atoms with E-state index in [-0.39, 0.29) is 5.82 Å². The van der Waals surface area contributed by atoms with Crippen molar-refractivity contribution in [1.29, 1.82) is 0 Å². The lowest BCUT2D eigenvalue weighted by molar-refractivity contribution is 0.536. The van der Waals surface area contributed by atoms with E-state index in [2.05, 4.69) is 10.4 Å². The van der Waals surface area contributed by atoms with Crippen LogP contribution in [0.2, 0.25) is 15.1 Å². The number of nitrogens with zero attached hydrogens (tertiary/aromatic N) is 1. The van der Waals surface area contributed by atoms with Gasteiger partial charge in [0.25, 0.3) is 0 Å². The molecule has 0 saturated carbocycles. The Morgan fingerprint density at radius 1 is 1.20 bits per heavy atom. The number of hydrazine groups is 1. The summed E-state index contributed by atoms with van der Waals surface area (Å²) in [6.45, 7) is 0. The van der Waals surface area contributed by atoms with E-state index in [9.17, 15) is 4.39 Å². The third-order valence-corrected chi connectivity index (χ3v) is 3.68. The predicted octanol–water partition coefficient (Wildman–Crippen LogP) is 3.93. The molecule has 2 rings (SSSR count). The van der Waals surface area contributed by atoms with Gasteiger partial charge in [0.15, 0.2) is 0 Å². The van der Waals surface area contributed by atoms with E-state index in [1.807, 2.05) is 0 Å². The van der Waals surface area contributed by atoms with Gasteiger partial charge in [-0.25, -0.2) is 4.39 Å². The molecule has 0 aliphatic carbocycles. The van der Waals surface area contributed by atoms with Gasteiger partial charge in [0.2, 0.25) is 0 Å². The third kappa shape index (κ3) is 3.59. The lowest BCUT2D eigenvalue weighted by Gasteiger charge is -2.17. The Morgan fingerprint density at radius 3 is 2.60 bits per heavy atom. The van der Waals surface area contributed by atoms with Gasteiger partial charge in [-0.05, 0) is 36.2 Å². The number of halogens is 4. The van der Waals surface area contributed by atoms with Crippen LogP contribution in [0, 0.1) is 5.82 Å². The van der Waals surface area contributed by atoms with Crippen molar-refractivity contribution in [1.82, 2.24) is 10.4 Å². The average molecular weight is 335 g/mol. The molecule has 2 aromatic rings. The molecule has 0 aliphatic heterocycles. The maximum Gasteiger partial charge on any atom is 0.123 e. The molecule has 0 amide bonds. The Balaban J connectivity index is 2.31. The minimum atomic E-state index is -0.404. The monoisotopic (exact) mass is 333 g/mol. The van der Waals surface area contributed by atoms with Crippen molar-refractivity contribution in [2.75, 3.05) is 0 Å². The standard InChI is InChI=1S/C13H11Cl3FN3/c14-8-5-11(16)13(19-6-8)12(20-18)4-7-3-9(17)1-2-10(7)15/h1-3,5-6,12,20H,4,18H2. The number of benzene rings is 1. The van der Waals surface area contributed by atoms with Crippen molar-refractivity contribution in [2.24, 2.45) is 5.84 Å². The Labute approximate surface area is 130 Å². The first-order valence-corrected chi connectivity index (χ1v) is 6.85. The first kappa shape index (κ1) is 15.5. The summed E-state index contributed by atoms with van der Waals surface area (Å²) in [6.07, 6.45) is 1.82. The number of rotatable bonds is 4. The first-order chi connectivity index (χ1) is 9.51. The van der Waals surface area contributed by atoms with Gasteiger partial charge in [0.1, 0.15) is 5.82 Å². The Hall–Kier alpha value is -0.910. The van der Waals surface area contributed by atoms with E-state index in [0.717, 1.165) is 0 Å². The van der Waals surface area contributed by atoms with Crippen LogP contribution in [0.1, 0.15) is 17.3 Å². The topological polar surface area (TPSA) is 50.9 Å². The molecular formula is C13H11Cl3FN3. The molecule has 1 unspecified atom stereocenters. The zero-order chi connectivity index (χ0) is 14.7. The second kappa shape index (κ2) is 6.70. The van der Waals surface area contributed by atoms with Crippen molar-refractivity contribution in [3.8, 4) is 0 Å². The van der Waals surface area contributed by atoms with Gasteiger partial charge >= 0.3 is 0 Å². The molecule has 1 aromatic heterocycles. The van der Waals surface area contributed by atoms with E-state index >= 15 is 0 Å². The highest BCUT2D eigenvalue weighted by atomic mass is 35.5. The number of hydrogen-bond acceptors (Lipinski definition) is 3. The molecule has 0 aliphatic rings. The summed E-state index contributed by atoms with van der Waals surface area (Å²) in [5.41, 5.74) is 3.74. The fraction of sp³-hybridized carbons (Fsp3) is 0.154. The molecular weight excluding hydrogens is 324 g/mol. The van der Waals surface area contributed by atoms with Gasteiger partial charge in [-0.3, -0.25) is 16.3 Å². The van der Waals surface area contributed by atoms with Crippen LogP contribution in [0.15, 0.2) is 30.5 Å². The summed E-state index contributed by atoms with van der Waals surface area (Å²) in [4.78, 5) is 4.15. The summed E-state index contributed by atoms with van der Waals surface area (Å²) >= 11 is 17.9. The zero-order valence-electron chi connectivity index (χ0n) is 10.2. The molecule has 0 radical (unpaired) electrons. The van der Waals surface area contributed by atoms with Gasteiger partial charge in [-0.15, -0.1) is 0 Å². The van der Waals surface area contributed by atoms with Crippen LogP contribution in [0.3, 0.4) is 0 Å². The molecule has 1 aromatic carbocycles. The van der Waals surface area contributed by atoms with Gasteiger partial charge < -0.3 is 0 Å². The molecule has 20 heavy (non-hydrogen) atoms. The Morgan fingerprint density at radius 2 is 1.95 bits per heavy atom. The van der Waals surface area contributed by atoms with Crippen molar-refractivity contribution in [3.05, 3.63) is 62.6 Å². The fourth-order valence-electron chi connectivity index (χ4n) is 1.84. The molecule has 3 N–H and O–H groups in total. The molecule has 7 heteroatoms. The summed E-state index contributed by atoms with van der Waals surface area (Å²) in [5, 5.41) is 1.27. The van der Waals surface area contributed by atoms with Crippen LogP contribution in [0.5, 0.6) is 0 Å². The molecule has 0 fully saturated rings. The minimum absolute atomic E-state index is 0.349. The highest BCUT2D eigenvalue weighted by Crippen LogP contribution is 2.28. The van der Waals surface area contributed by atoms with Gasteiger partial charge in [-0.2, -0.15) is 0 Å². The minimum Gasteiger partial charge on any atom is -0.271 e. The van der Waals surface area contributed by atoms with E-state index < -0.39 is 6.04 Å². The van der Waals surface area contributed by atoms with Crippen LogP contribution in [0.4, 0.5) is 4.39 Å². The third-order valence-electron chi connectivity index (χ3n) is 2.80. The lowest BCUT2D eigenvalue weighted by atomic mass is 10.0.